The first kappa shape index (κ1) is 19.0. The number of guanidine groups is 1. The van der Waals surface area contributed by atoms with E-state index < -0.39 is 0 Å². The number of carbonyl (C=O) groups excluding carboxylic acids is 1. The molecule has 0 atom stereocenters. The van der Waals surface area contributed by atoms with E-state index >= 15 is 0 Å². The summed E-state index contributed by atoms with van der Waals surface area (Å²) in [7, 11) is 4.03. The SMILES string of the molecule is CCNC(=NCC(=O)N1CCCc2ccccc21)N(C)Cc1cccn1C. The van der Waals surface area contributed by atoms with Gasteiger partial charge in [0.25, 0.3) is 0 Å². The molecule has 27 heavy (non-hydrogen) atoms. The molecule has 6 nitrogen and oxygen atoms in total. The van der Waals surface area contributed by atoms with E-state index in [-0.39, 0.29) is 12.5 Å². The van der Waals surface area contributed by atoms with Gasteiger partial charge in [0.1, 0.15) is 6.54 Å². The average molecular weight is 367 g/mol. The van der Waals surface area contributed by atoms with Gasteiger partial charge < -0.3 is 19.7 Å². The summed E-state index contributed by atoms with van der Waals surface area (Å²) >= 11 is 0. The average Bonchev–Trinajstić information content (AvgIpc) is 3.08. The van der Waals surface area contributed by atoms with Crippen LogP contribution in [0.1, 0.15) is 24.6 Å². The van der Waals surface area contributed by atoms with Crippen LogP contribution >= 0.6 is 0 Å². The zero-order chi connectivity index (χ0) is 19.2. The summed E-state index contributed by atoms with van der Waals surface area (Å²) in [5.74, 6) is 0.794. The highest BCUT2D eigenvalue weighted by Crippen LogP contribution is 2.26. The van der Waals surface area contributed by atoms with Crippen molar-refractivity contribution in [2.75, 3.05) is 31.6 Å². The van der Waals surface area contributed by atoms with Crippen molar-refractivity contribution in [2.45, 2.75) is 26.3 Å². The molecule has 1 aliphatic heterocycles. The molecule has 0 spiro atoms. The highest BCUT2D eigenvalue weighted by Gasteiger charge is 2.22. The number of aliphatic imine (C=N–C) groups is 1. The summed E-state index contributed by atoms with van der Waals surface area (Å²) in [6.07, 6.45) is 4.07. The van der Waals surface area contributed by atoms with E-state index in [2.05, 4.69) is 31.9 Å². The van der Waals surface area contributed by atoms with Crippen molar-refractivity contribution in [1.82, 2.24) is 14.8 Å². The lowest BCUT2D eigenvalue weighted by Crippen LogP contribution is -2.41. The molecule has 3 rings (SSSR count). The summed E-state index contributed by atoms with van der Waals surface area (Å²) in [6.45, 7) is 4.44. The summed E-state index contributed by atoms with van der Waals surface area (Å²) in [5.41, 5.74) is 3.47. The van der Waals surface area contributed by atoms with Crippen LogP contribution in [0.4, 0.5) is 5.69 Å². The molecule has 0 bridgehead atoms. The fourth-order valence-electron chi connectivity index (χ4n) is 3.47. The number of rotatable bonds is 5. The Labute approximate surface area is 161 Å². The van der Waals surface area contributed by atoms with Gasteiger partial charge in [0.05, 0.1) is 6.54 Å². The predicted molar refractivity (Wildman–Crippen MR) is 110 cm³/mol. The second-order valence-electron chi connectivity index (χ2n) is 6.91. The fraction of sp³-hybridized carbons (Fsp3) is 0.429. The molecular formula is C21H29N5O. The van der Waals surface area contributed by atoms with Crippen LogP contribution < -0.4 is 10.2 Å². The maximum atomic E-state index is 12.8. The van der Waals surface area contributed by atoms with Gasteiger partial charge in [0.2, 0.25) is 5.91 Å². The van der Waals surface area contributed by atoms with E-state index in [1.165, 1.54) is 11.3 Å². The molecule has 0 radical (unpaired) electrons. The van der Waals surface area contributed by atoms with Crippen molar-refractivity contribution in [3.63, 3.8) is 0 Å². The van der Waals surface area contributed by atoms with Crippen LogP contribution in [0.2, 0.25) is 0 Å². The van der Waals surface area contributed by atoms with Gasteiger partial charge in [-0.1, -0.05) is 18.2 Å². The Balaban J connectivity index is 1.70. The van der Waals surface area contributed by atoms with Gasteiger partial charge in [0.15, 0.2) is 5.96 Å². The largest absolute Gasteiger partial charge is 0.357 e. The number of amides is 1. The third-order valence-electron chi connectivity index (χ3n) is 4.92. The first-order valence-corrected chi connectivity index (χ1v) is 9.58. The predicted octanol–water partition coefficient (Wildman–Crippen LogP) is 2.40. The summed E-state index contributed by atoms with van der Waals surface area (Å²) in [4.78, 5) is 21.4. The molecule has 1 aromatic heterocycles. The Kier molecular flexibility index (Phi) is 6.16. The number of para-hydroxylation sites is 1. The Hall–Kier alpha value is -2.76. The molecule has 1 aromatic carbocycles. The van der Waals surface area contributed by atoms with Crippen molar-refractivity contribution >= 4 is 17.6 Å². The van der Waals surface area contributed by atoms with Crippen LogP contribution in [0, 0.1) is 0 Å². The van der Waals surface area contributed by atoms with Gasteiger partial charge in [0, 0.05) is 44.8 Å². The lowest BCUT2D eigenvalue weighted by Gasteiger charge is -2.29. The number of nitrogens with one attached hydrogen (secondary N) is 1. The first-order valence-electron chi connectivity index (χ1n) is 9.58. The number of aryl methyl sites for hydroxylation is 2. The second kappa shape index (κ2) is 8.75. The van der Waals surface area contributed by atoms with E-state index in [0.29, 0.717) is 0 Å². The lowest BCUT2D eigenvalue weighted by atomic mass is 10.0. The minimum atomic E-state index is 0.0461. The molecule has 144 valence electrons. The molecular weight excluding hydrogens is 338 g/mol. The fourth-order valence-corrected chi connectivity index (χ4v) is 3.47. The highest BCUT2D eigenvalue weighted by molar-refractivity contribution is 5.97. The van der Waals surface area contributed by atoms with Crippen LogP contribution in [0.25, 0.3) is 0 Å². The quantitative estimate of drug-likeness (QED) is 0.652. The minimum Gasteiger partial charge on any atom is -0.357 e. The van der Waals surface area contributed by atoms with E-state index in [1.54, 1.807) is 0 Å². The van der Waals surface area contributed by atoms with Crippen LogP contribution in [-0.4, -0.2) is 48.0 Å². The zero-order valence-electron chi connectivity index (χ0n) is 16.5. The van der Waals surface area contributed by atoms with Crippen molar-refractivity contribution < 1.29 is 4.79 Å². The first-order chi connectivity index (χ1) is 13.1. The molecule has 0 fully saturated rings. The smallest absolute Gasteiger partial charge is 0.248 e. The molecule has 1 aliphatic rings. The molecule has 1 N–H and O–H groups in total. The Bertz CT molecular complexity index is 810. The monoisotopic (exact) mass is 367 g/mol. The molecule has 1 amide bonds. The number of hydrogen-bond acceptors (Lipinski definition) is 2. The van der Waals surface area contributed by atoms with Crippen LogP contribution in [-0.2, 0) is 24.8 Å². The molecule has 0 saturated heterocycles. The number of anilines is 1. The highest BCUT2D eigenvalue weighted by atomic mass is 16.2. The van der Waals surface area contributed by atoms with E-state index in [9.17, 15) is 4.79 Å². The molecule has 0 aliphatic carbocycles. The maximum Gasteiger partial charge on any atom is 0.248 e. The number of aromatic nitrogens is 1. The number of carbonyl (C=O) groups is 1. The maximum absolute atomic E-state index is 12.8. The van der Waals surface area contributed by atoms with Crippen molar-refractivity contribution in [3.05, 3.63) is 53.9 Å². The minimum absolute atomic E-state index is 0.0461. The molecule has 2 heterocycles. The van der Waals surface area contributed by atoms with Gasteiger partial charge in [-0.2, -0.15) is 0 Å². The van der Waals surface area contributed by atoms with Crippen LogP contribution in [0.3, 0.4) is 0 Å². The number of nitrogens with zero attached hydrogens (tertiary/aromatic N) is 4. The number of hydrogen-bond donors (Lipinski definition) is 1. The third kappa shape index (κ3) is 4.51. The van der Waals surface area contributed by atoms with Gasteiger partial charge in [-0.25, -0.2) is 4.99 Å². The summed E-state index contributed by atoms with van der Waals surface area (Å²) in [6, 6.07) is 12.3. The van der Waals surface area contributed by atoms with E-state index in [4.69, 9.17) is 0 Å². The third-order valence-corrected chi connectivity index (χ3v) is 4.92. The summed E-state index contributed by atoms with van der Waals surface area (Å²) in [5, 5.41) is 3.29. The van der Waals surface area contributed by atoms with E-state index in [0.717, 1.165) is 44.1 Å². The van der Waals surface area contributed by atoms with Crippen molar-refractivity contribution in [1.29, 1.82) is 0 Å². The van der Waals surface area contributed by atoms with Gasteiger partial charge in [-0.15, -0.1) is 0 Å². The van der Waals surface area contributed by atoms with Gasteiger partial charge in [-0.05, 0) is 43.5 Å². The van der Waals surface area contributed by atoms with E-state index in [1.807, 2.05) is 56.4 Å². The van der Waals surface area contributed by atoms with Crippen LogP contribution in [0.15, 0.2) is 47.6 Å². The summed E-state index contributed by atoms with van der Waals surface area (Å²) < 4.78 is 2.09. The second-order valence-corrected chi connectivity index (χ2v) is 6.91. The normalized spacial score (nSPS) is 14.0. The van der Waals surface area contributed by atoms with Crippen molar-refractivity contribution in [3.8, 4) is 0 Å². The van der Waals surface area contributed by atoms with Gasteiger partial charge in [-0.3, -0.25) is 4.79 Å². The molecule has 2 aromatic rings. The topological polar surface area (TPSA) is 52.9 Å². The standard InChI is InChI=1S/C21H29N5O/c1-4-22-21(25(3)16-18-11-8-13-24(18)2)23-15-20(27)26-14-7-10-17-9-5-6-12-19(17)26/h5-6,8-9,11-13H,4,7,10,14-16H2,1-3H3,(H,22,23). The zero-order valence-corrected chi connectivity index (χ0v) is 16.5. The molecule has 6 heteroatoms. The Morgan fingerprint density at radius 3 is 2.81 bits per heavy atom. The Morgan fingerprint density at radius 2 is 2.07 bits per heavy atom. The lowest BCUT2D eigenvalue weighted by molar-refractivity contribution is -0.117. The Morgan fingerprint density at radius 1 is 1.26 bits per heavy atom. The van der Waals surface area contributed by atoms with Gasteiger partial charge >= 0.3 is 0 Å². The molecule has 0 saturated carbocycles. The van der Waals surface area contributed by atoms with Crippen LogP contribution in [0.5, 0.6) is 0 Å². The van der Waals surface area contributed by atoms with Crippen molar-refractivity contribution in [2.24, 2.45) is 12.0 Å². The molecule has 0 unspecified atom stereocenters. The number of benzene rings is 1. The number of fused-ring (bicyclic) bond motifs is 1.